The third kappa shape index (κ3) is 3.38. The Hall–Kier alpha value is -0.920. The zero-order valence-electron chi connectivity index (χ0n) is 14.6. The molecule has 0 unspecified atom stereocenters. The number of fused-ring (bicyclic) bond motifs is 3. The van der Waals surface area contributed by atoms with Crippen molar-refractivity contribution < 1.29 is 0 Å². The van der Waals surface area contributed by atoms with Crippen LogP contribution in [0.5, 0.6) is 0 Å². The molecular formula is C18H23N3OS3. The lowest BCUT2D eigenvalue weighted by molar-refractivity contribution is 0.509. The van der Waals surface area contributed by atoms with Crippen LogP contribution >= 0.6 is 35.3 Å². The molecule has 0 bridgehead atoms. The molecule has 0 aromatic carbocycles. The number of H-pyrrole nitrogens is 1. The lowest BCUT2D eigenvalue weighted by Crippen LogP contribution is -2.24. The molecule has 3 heterocycles. The maximum atomic E-state index is 12.7. The van der Waals surface area contributed by atoms with Crippen molar-refractivity contribution in [3.8, 4) is 0 Å². The maximum Gasteiger partial charge on any atom is 0.259 e. The standard InChI is InChI=1S/C18H23N3OS3/c1-10-5-6-12-13(9-10)25-17-14(12)16(22)19-15(20-17)11(2)24-18(23)21-7-3-4-8-21/h10-11H,3-9H2,1-2H3,(H,19,20,22)/t10-,11-/m0/s1. The van der Waals surface area contributed by atoms with Crippen LogP contribution in [-0.2, 0) is 12.8 Å². The average molecular weight is 394 g/mol. The van der Waals surface area contributed by atoms with Gasteiger partial charge in [-0.15, -0.1) is 11.3 Å². The summed E-state index contributed by atoms with van der Waals surface area (Å²) in [5.74, 6) is 1.45. The van der Waals surface area contributed by atoms with Gasteiger partial charge in [0, 0.05) is 18.0 Å². The van der Waals surface area contributed by atoms with Gasteiger partial charge in [-0.3, -0.25) is 4.79 Å². The largest absolute Gasteiger partial charge is 0.358 e. The van der Waals surface area contributed by atoms with Crippen molar-refractivity contribution in [1.82, 2.24) is 14.9 Å². The Balaban J connectivity index is 1.62. The van der Waals surface area contributed by atoms with Crippen LogP contribution in [0.15, 0.2) is 4.79 Å². The number of nitrogens with zero attached hydrogens (tertiary/aromatic N) is 2. The van der Waals surface area contributed by atoms with E-state index in [1.54, 1.807) is 23.1 Å². The zero-order chi connectivity index (χ0) is 17.6. The summed E-state index contributed by atoms with van der Waals surface area (Å²) in [5.41, 5.74) is 1.26. The van der Waals surface area contributed by atoms with Crippen molar-refractivity contribution in [2.45, 2.75) is 51.2 Å². The Morgan fingerprint density at radius 3 is 2.96 bits per heavy atom. The van der Waals surface area contributed by atoms with Gasteiger partial charge in [0.1, 0.15) is 15.0 Å². The van der Waals surface area contributed by atoms with E-state index in [0.717, 1.165) is 52.7 Å². The molecule has 1 aliphatic heterocycles. The summed E-state index contributed by atoms with van der Waals surface area (Å²) in [6.07, 6.45) is 5.68. The molecule has 1 fully saturated rings. The molecule has 2 aromatic heterocycles. The highest BCUT2D eigenvalue weighted by Crippen LogP contribution is 2.37. The first-order valence-electron chi connectivity index (χ1n) is 9.03. The van der Waals surface area contributed by atoms with Crippen LogP contribution in [0.25, 0.3) is 10.2 Å². The van der Waals surface area contributed by atoms with Crippen LogP contribution in [0, 0.1) is 5.92 Å². The number of hydrogen-bond donors (Lipinski definition) is 1. The number of thiocarbonyl (C=S) groups is 1. The monoisotopic (exact) mass is 393 g/mol. The summed E-state index contributed by atoms with van der Waals surface area (Å²) in [4.78, 5) is 25.1. The first-order chi connectivity index (χ1) is 12.0. The van der Waals surface area contributed by atoms with E-state index in [1.165, 1.54) is 23.3 Å². The molecule has 0 amide bonds. The van der Waals surface area contributed by atoms with Crippen molar-refractivity contribution in [3.63, 3.8) is 0 Å². The van der Waals surface area contributed by atoms with Gasteiger partial charge in [-0.2, -0.15) is 0 Å². The Morgan fingerprint density at radius 1 is 1.44 bits per heavy atom. The third-order valence-corrected chi connectivity index (χ3v) is 7.94. The van der Waals surface area contributed by atoms with E-state index in [2.05, 4.69) is 23.7 Å². The fourth-order valence-electron chi connectivity index (χ4n) is 3.74. The quantitative estimate of drug-likeness (QED) is 0.772. The molecule has 1 N–H and O–H groups in total. The molecule has 25 heavy (non-hydrogen) atoms. The van der Waals surface area contributed by atoms with Gasteiger partial charge in [0.2, 0.25) is 0 Å². The van der Waals surface area contributed by atoms with Crippen LogP contribution < -0.4 is 5.56 Å². The Bertz CT molecular complexity index is 866. The lowest BCUT2D eigenvalue weighted by atomic mass is 9.89. The van der Waals surface area contributed by atoms with E-state index in [1.807, 2.05) is 0 Å². The first-order valence-corrected chi connectivity index (χ1v) is 11.1. The summed E-state index contributed by atoms with van der Waals surface area (Å²) < 4.78 is 0.923. The summed E-state index contributed by atoms with van der Waals surface area (Å²) in [6.45, 7) is 6.47. The number of rotatable bonds is 2. The van der Waals surface area contributed by atoms with Gasteiger partial charge in [-0.05, 0) is 50.5 Å². The second-order valence-electron chi connectivity index (χ2n) is 7.20. The predicted octanol–water partition coefficient (Wildman–Crippen LogP) is 4.28. The summed E-state index contributed by atoms with van der Waals surface area (Å²) in [7, 11) is 0. The third-order valence-electron chi connectivity index (χ3n) is 5.21. The van der Waals surface area contributed by atoms with E-state index in [-0.39, 0.29) is 10.8 Å². The van der Waals surface area contributed by atoms with Gasteiger partial charge in [-0.1, -0.05) is 30.9 Å². The van der Waals surface area contributed by atoms with E-state index in [4.69, 9.17) is 17.2 Å². The highest BCUT2D eigenvalue weighted by atomic mass is 32.2. The predicted molar refractivity (Wildman–Crippen MR) is 111 cm³/mol. The molecule has 1 saturated heterocycles. The van der Waals surface area contributed by atoms with Crippen LogP contribution in [0.2, 0.25) is 0 Å². The number of nitrogens with one attached hydrogen (secondary N) is 1. The second kappa shape index (κ2) is 7.00. The summed E-state index contributed by atoms with van der Waals surface area (Å²) in [5, 5.41) is 0.887. The number of aryl methyl sites for hydroxylation is 1. The van der Waals surface area contributed by atoms with Gasteiger partial charge >= 0.3 is 0 Å². The topological polar surface area (TPSA) is 49.0 Å². The molecule has 4 rings (SSSR count). The van der Waals surface area contributed by atoms with Crippen LogP contribution in [0.3, 0.4) is 0 Å². The molecule has 1 aliphatic carbocycles. The Morgan fingerprint density at radius 2 is 2.20 bits per heavy atom. The Kier molecular flexibility index (Phi) is 4.90. The molecule has 0 spiro atoms. The summed E-state index contributed by atoms with van der Waals surface area (Å²) in [6, 6.07) is 0. The van der Waals surface area contributed by atoms with Crippen molar-refractivity contribution in [1.29, 1.82) is 0 Å². The number of aromatic amines is 1. The van der Waals surface area contributed by atoms with E-state index >= 15 is 0 Å². The number of likely N-dealkylation sites (tertiary alicyclic amines) is 1. The van der Waals surface area contributed by atoms with Crippen LogP contribution in [-0.4, -0.2) is 32.3 Å². The molecule has 0 saturated carbocycles. The van der Waals surface area contributed by atoms with E-state index < -0.39 is 0 Å². The molecule has 2 atom stereocenters. The molecule has 134 valence electrons. The minimum Gasteiger partial charge on any atom is -0.358 e. The highest BCUT2D eigenvalue weighted by Gasteiger charge is 2.25. The molecular weight excluding hydrogens is 370 g/mol. The van der Waals surface area contributed by atoms with Gasteiger partial charge in [-0.25, -0.2) is 4.98 Å². The van der Waals surface area contributed by atoms with Crippen molar-refractivity contribution >= 4 is 49.9 Å². The molecule has 2 aromatic rings. The van der Waals surface area contributed by atoms with Crippen molar-refractivity contribution in [2.75, 3.05) is 13.1 Å². The van der Waals surface area contributed by atoms with Crippen molar-refractivity contribution in [3.05, 3.63) is 26.6 Å². The highest BCUT2D eigenvalue weighted by molar-refractivity contribution is 8.23. The zero-order valence-corrected chi connectivity index (χ0v) is 17.1. The SMILES string of the molecule is C[C@H]1CCc2c(sc3nc([C@H](C)SC(=S)N4CCCC4)[nH]c(=O)c23)C1. The second-order valence-corrected chi connectivity index (χ2v) is 10.3. The smallest absolute Gasteiger partial charge is 0.259 e. The Labute approximate surface area is 161 Å². The molecule has 0 radical (unpaired) electrons. The fraction of sp³-hybridized carbons (Fsp3) is 0.611. The average Bonchev–Trinajstić information content (AvgIpc) is 3.21. The molecule has 4 nitrogen and oxygen atoms in total. The number of aromatic nitrogens is 2. The van der Waals surface area contributed by atoms with E-state index in [0.29, 0.717) is 5.92 Å². The fourth-order valence-corrected chi connectivity index (χ4v) is 6.60. The van der Waals surface area contributed by atoms with Gasteiger partial charge in [0.05, 0.1) is 10.6 Å². The van der Waals surface area contributed by atoms with Gasteiger partial charge in [0.25, 0.3) is 5.56 Å². The van der Waals surface area contributed by atoms with Crippen LogP contribution in [0.4, 0.5) is 0 Å². The van der Waals surface area contributed by atoms with E-state index in [9.17, 15) is 4.79 Å². The van der Waals surface area contributed by atoms with Gasteiger partial charge < -0.3 is 9.88 Å². The minimum absolute atomic E-state index is 0.0200. The van der Waals surface area contributed by atoms with Gasteiger partial charge in [0.15, 0.2) is 0 Å². The number of thiophene rings is 1. The lowest BCUT2D eigenvalue weighted by Gasteiger charge is -2.20. The molecule has 2 aliphatic rings. The normalized spacial score (nSPS) is 21.5. The number of thioether (sulfide) groups is 1. The summed E-state index contributed by atoms with van der Waals surface area (Å²) >= 11 is 8.92. The number of hydrogen-bond acceptors (Lipinski definition) is 5. The maximum absolute atomic E-state index is 12.7. The molecule has 7 heteroatoms. The minimum atomic E-state index is 0.0200. The van der Waals surface area contributed by atoms with Crippen molar-refractivity contribution in [2.24, 2.45) is 5.92 Å². The first kappa shape index (κ1) is 17.5. The van der Waals surface area contributed by atoms with Crippen LogP contribution in [0.1, 0.15) is 54.6 Å².